The second-order valence-electron chi connectivity index (χ2n) is 4.91. The molecule has 7 heteroatoms. The van der Waals surface area contributed by atoms with Crippen LogP contribution in [0.2, 0.25) is 0 Å². The molecule has 1 aromatic heterocycles. The van der Waals surface area contributed by atoms with Crippen LogP contribution in [0.3, 0.4) is 0 Å². The number of fused-ring (bicyclic) bond motifs is 3. The summed E-state index contributed by atoms with van der Waals surface area (Å²) in [7, 11) is 0. The fourth-order valence-corrected chi connectivity index (χ4v) is 5.20. The molecule has 4 rings (SSSR count). The monoisotopic (exact) mass is 380 g/mol. The topological polar surface area (TPSA) is 34.0 Å². The second-order valence-corrected chi connectivity index (χ2v) is 7.76. The molecule has 0 radical (unpaired) electrons. The zero-order chi connectivity index (χ0) is 14.4. The summed E-state index contributed by atoms with van der Waals surface area (Å²) in [6.07, 6.45) is 2.03. The fourth-order valence-electron chi connectivity index (χ4n) is 2.55. The third kappa shape index (κ3) is 2.22. The molecule has 2 aliphatic heterocycles. The van der Waals surface area contributed by atoms with Crippen LogP contribution in [0.4, 0.5) is 0 Å². The first-order chi connectivity index (χ1) is 10.3. The van der Waals surface area contributed by atoms with Gasteiger partial charge >= 0.3 is 0 Å². The van der Waals surface area contributed by atoms with Crippen LogP contribution in [0.25, 0.3) is 0 Å². The van der Waals surface area contributed by atoms with Crippen molar-refractivity contribution in [2.45, 2.75) is 30.3 Å². The van der Waals surface area contributed by atoms with Crippen LogP contribution in [0, 0.1) is 0 Å². The molecule has 0 saturated heterocycles. The SMILES string of the molecule is CCCc1nnc2n1N1C(=CSC1c1cccc(Br)c1)S2. The molecule has 3 heterocycles. The Hall–Kier alpha value is -0.920. The molecule has 21 heavy (non-hydrogen) atoms. The van der Waals surface area contributed by atoms with Crippen molar-refractivity contribution in [2.75, 3.05) is 5.01 Å². The summed E-state index contributed by atoms with van der Waals surface area (Å²) < 4.78 is 3.30. The molecule has 2 aliphatic rings. The first-order valence-electron chi connectivity index (χ1n) is 6.80. The normalized spacial score (nSPS) is 19.6. The van der Waals surface area contributed by atoms with Gasteiger partial charge in [0.25, 0.3) is 0 Å². The van der Waals surface area contributed by atoms with E-state index in [4.69, 9.17) is 0 Å². The van der Waals surface area contributed by atoms with Crippen molar-refractivity contribution in [1.29, 1.82) is 0 Å². The predicted octanol–water partition coefficient (Wildman–Crippen LogP) is 4.28. The summed E-state index contributed by atoms with van der Waals surface area (Å²) >= 11 is 7.10. The van der Waals surface area contributed by atoms with Gasteiger partial charge in [-0.15, -0.1) is 10.2 Å². The highest BCUT2D eigenvalue weighted by molar-refractivity contribution is 9.10. The van der Waals surface area contributed by atoms with E-state index in [1.807, 2.05) is 11.8 Å². The molecule has 0 aliphatic carbocycles. The van der Waals surface area contributed by atoms with E-state index in [1.54, 1.807) is 11.8 Å². The number of aromatic nitrogens is 3. The summed E-state index contributed by atoms with van der Waals surface area (Å²) in [4.78, 5) is 0. The van der Waals surface area contributed by atoms with E-state index in [-0.39, 0.29) is 5.37 Å². The maximum absolute atomic E-state index is 4.34. The van der Waals surface area contributed by atoms with Gasteiger partial charge < -0.3 is 0 Å². The van der Waals surface area contributed by atoms with Gasteiger partial charge in [-0.05, 0) is 35.9 Å². The number of aryl methyl sites for hydroxylation is 1. The number of thioether (sulfide) groups is 2. The Bertz CT molecular complexity index is 728. The van der Waals surface area contributed by atoms with Crippen LogP contribution in [0.1, 0.15) is 30.1 Å². The smallest absolute Gasteiger partial charge is 0.216 e. The number of halogens is 1. The molecule has 1 aromatic carbocycles. The molecule has 0 fully saturated rings. The third-order valence-corrected chi connectivity index (χ3v) is 6.12. The van der Waals surface area contributed by atoms with E-state index >= 15 is 0 Å². The van der Waals surface area contributed by atoms with Gasteiger partial charge in [-0.1, -0.05) is 46.7 Å². The highest BCUT2D eigenvalue weighted by atomic mass is 79.9. The first-order valence-corrected chi connectivity index (χ1v) is 9.36. The lowest BCUT2D eigenvalue weighted by Crippen LogP contribution is -2.30. The molecular formula is C14H13BrN4S2. The highest BCUT2D eigenvalue weighted by Crippen LogP contribution is 2.51. The van der Waals surface area contributed by atoms with E-state index in [0.717, 1.165) is 28.3 Å². The fraction of sp³-hybridized carbons (Fsp3) is 0.286. The lowest BCUT2D eigenvalue weighted by atomic mass is 10.2. The van der Waals surface area contributed by atoms with E-state index < -0.39 is 0 Å². The summed E-state index contributed by atoms with van der Waals surface area (Å²) in [6.45, 7) is 2.17. The predicted molar refractivity (Wildman–Crippen MR) is 90.6 cm³/mol. The van der Waals surface area contributed by atoms with Crippen molar-refractivity contribution in [1.82, 2.24) is 14.9 Å². The zero-order valence-corrected chi connectivity index (χ0v) is 14.6. The Morgan fingerprint density at radius 1 is 1.33 bits per heavy atom. The first kappa shape index (κ1) is 13.7. The van der Waals surface area contributed by atoms with Crippen LogP contribution in [-0.4, -0.2) is 14.9 Å². The Labute approximate surface area is 140 Å². The van der Waals surface area contributed by atoms with Crippen LogP contribution >= 0.6 is 39.5 Å². The standard InChI is InChI=1S/C14H13BrN4S2/c1-2-4-11-16-17-14-18(11)19-12(21-14)8-20-13(19)9-5-3-6-10(15)7-9/h3,5-8,13H,2,4H2,1H3. The van der Waals surface area contributed by atoms with Crippen LogP contribution in [0.5, 0.6) is 0 Å². The largest absolute Gasteiger partial charge is 0.252 e. The molecule has 0 bridgehead atoms. The Balaban J connectivity index is 1.75. The van der Waals surface area contributed by atoms with Gasteiger partial charge in [-0.2, -0.15) is 0 Å². The van der Waals surface area contributed by atoms with Crippen LogP contribution < -0.4 is 5.01 Å². The van der Waals surface area contributed by atoms with Crippen molar-refractivity contribution in [2.24, 2.45) is 0 Å². The Morgan fingerprint density at radius 2 is 2.24 bits per heavy atom. The van der Waals surface area contributed by atoms with E-state index in [0.29, 0.717) is 0 Å². The van der Waals surface area contributed by atoms with Gasteiger partial charge in [-0.3, -0.25) is 5.01 Å². The van der Waals surface area contributed by atoms with Crippen molar-refractivity contribution in [3.8, 4) is 0 Å². The lowest BCUT2D eigenvalue weighted by Gasteiger charge is -2.26. The maximum Gasteiger partial charge on any atom is 0.216 e. The number of hydrogen-bond acceptors (Lipinski definition) is 5. The number of rotatable bonds is 3. The highest BCUT2D eigenvalue weighted by Gasteiger charge is 2.39. The van der Waals surface area contributed by atoms with Gasteiger partial charge in [0.15, 0.2) is 5.82 Å². The average Bonchev–Trinajstić information content (AvgIpc) is 3.11. The molecule has 0 amide bonds. The minimum Gasteiger partial charge on any atom is -0.252 e. The van der Waals surface area contributed by atoms with E-state index in [1.165, 1.54) is 10.6 Å². The molecule has 2 aromatic rings. The van der Waals surface area contributed by atoms with Crippen molar-refractivity contribution < 1.29 is 0 Å². The zero-order valence-electron chi connectivity index (χ0n) is 11.4. The van der Waals surface area contributed by atoms with Crippen LogP contribution in [0.15, 0.2) is 44.3 Å². The minimum atomic E-state index is 0.248. The number of benzene rings is 1. The molecular weight excluding hydrogens is 368 g/mol. The Morgan fingerprint density at radius 3 is 3.05 bits per heavy atom. The van der Waals surface area contributed by atoms with Crippen LogP contribution in [-0.2, 0) is 6.42 Å². The van der Waals surface area contributed by atoms with Gasteiger partial charge in [-0.25, -0.2) is 4.68 Å². The minimum absolute atomic E-state index is 0.248. The summed E-state index contributed by atoms with van der Waals surface area (Å²) in [6, 6.07) is 8.50. The maximum atomic E-state index is 4.34. The summed E-state index contributed by atoms with van der Waals surface area (Å²) in [5, 5.41) is 15.7. The Kier molecular flexibility index (Phi) is 3.51. The van der Waals surface area contributed by atoms with Crippen molar-refractivity contribution in [3.63, 3.8) is 0 Å². The quantitative estimate of drug-likeness (QED) is 0.793. The van der Waals surface area contributed by atoms with E-state index in [9.17, 15) is 0 Å². The van der Waals surface area contributed by atoms with Gasteiger partial charge in [0.1, 0.15) is 10.4 Å². The lowest BCUT2D eigenvalue weighted by molar-refractivity contribution is 0.598. The van der Waals surface area contributed by atoms with Gasteiger partial charge in [0, 0.05) is 16.3 Å². The molecule has 1 unspecified atom stereocenters. The van der Waals surface area contributed by atoms with Gasteiger partial charge in [0.2, 0.25) is 5.16 Å². The molecule has 108 valence electrons. The van der Waals surface area contributed by atoms with Crippen molar-refractivity contribution >= 4 is 39.5 Å². The number of nitrogens with zero attached hydrogens (tertiary/aromatic N) is 4. The molecule has 0 saturated carbocycles. The summed E-state index contributed by atoms with van der Waals surface area (Å²) in [5.41, 5.74) is 1.28. The van der Waals surface area contributed by atoms with E-state index in [2.05, 4.69) is 72.4 Å². The molecule has 1 atom stereocenters. The number of hydrogen-bond donors (Lipinski definition) is 0. The van der Waals surface area contributed by atoms with Gasteiger partial charge in [0.05, 0.1) is 0 Å². The van der Waals surface area contributed by atoms with Crippen molar-refractivity contribution in [3.05, 3.63) is 50.6 Å². The molecule has 0 N–H and O–H groups in total. The molecule has 4 nitrogen and oxygen atoms in total. The third-order valence-electron chi connectivity index (χ3n) is 3.44. The average molecular weight is 381 g/mol. The summed E-state index contributed by atoms with van der Waals surface area (Å²) in [5.74, 6) is 1.05. The molecule has 0 spiro atoms. The second kappa shape index (κ2) is 5.37.